The molecule has 0 atom stereocenters. The van der Waals surface area contributed by atoms with Crippen LogP contribution in [0.3, 0.4) is 0 Å². The summed E-state index contributed by atoms with van der Waals surface area (Å²) in [5.74, 6) is 0.613. The Morgan fingerprint density at radius 2 is 2.31 bits per heavy atom. The van der Waals surface area contributed by atoms with Crippen molar-refractivity contribution in [3.05, 3.63) is 29.3 Å². The summed E-state index contributed by atoms with van der Waals surface area (Å²) < 4.78 is 5.18. The van der Waals surface area contributed by atoms with Crippen LogP contribution in [0, 0.1) is 0 Å². The molecule has 13 heavy (non-hydrogen) atoms. The van der Waals surface area contributed by atoms with Crippen molar-refractivity contribution in [3.8, 4) is 5.75 Å². The first-order chi connectivity index (χ1) is 6.22. The minimum atomic E-state index is -0.0000227. The van der Waals surface area contributed by atoms with Gasteiger partial charge in [-0.25, -0.2) is 0 Å². The smallest absolute Gasteiger partial charge is 0.180 e. The average Bonchev–Trinajstić information content (AvgIpc) is 2.14. The number of benzene rings is 1. The zero-order valence-corrected chi connectivity index (χ0v) is 9.14. The molecule has 0 aliphatic rings. The Balaban J connectivity index is 2.50. The van der Waals surface area contributed by atoms with Crippen molar-refractivity contribution in [3.63, 3.8) is 0 Å². The van der Waals surface area contributed by atoms with Crippen LogP contribution < -0.4 is 4.74 Å². The highest BCUT2D eigenvalue weighted by atomic mass is 79.9. The van der Waals surface area contributed by atoms with E-state index in [1.807, 2.05) is 0 Å². The van der Waals surface area contributed by atoms with E-state index in [-0.39, 0.29) is 12.4 Å². The first kappa shape index (κ1) is 10.5. The maximum absolute atomic E-state index is 10.9. The molecule has 0 aliphatic carbocycles. The van der Waals surface area contributed by atoms with Gasteiger partial charge in [-0.05, 0) is 18.2 Å². The van der Waals surface area contributed by atoms with Gasteiger partial charge in [-0.1, -0.05) is 33.6 Å². The van der Waals surface area contributed by atoms with Gasteiger partial charge < -0.3 is 4.74 Å². The molecule has 0 amide bonds. The van der Waals surface area contributed by atoms with Gasteiger partial charge in [0.2, 0.25) is 0 Å². The monoisotopic (exact) mass is 262 g/mol. The summed E-state index contributed by atoms with van der Waals surface area (Å²) >= 11 is 8.77. The molecule has 0 aliphatic heterocycles. The van der Waals surface area contributed by atoms with Gasteiger partial charge in [-0.15, -0.1) is 0 Å². The Hall–Kier alpha value is -0.540. The maximum Gasteiger partial charge on any atom is 0.180 e. The zero-order chi connectivity index (χ0) is 9.68. The number of carbonyl (C=O) groups excluding carboxylic acids is 1. The predicted octanol–water partition coefficient (Wildman–Crippen LogP) is 2.68. The van der Waals surface area contributed by atoms with E-state index in [2.05, 4.69) is 15.9 Å². The number of hydrogen-bond donors (Lipinski definition) is 0. The number of ether oxygens (including phenoxy) is 1. The molecule has 0 heterocycles. The van der Waals surface area contributed by atoms with E-state index in [9.17, 15) is 4.79 Å². The van der Waals surface area contributed by atoms with Gasteiger partial charge in [0.15, 0.2) is 5.78 Å². The molecule has 0 unspecified atom stereocenters. The van der Waals surface area contributed by atoms with E-state index in [4.69, 9.17) is 16.3 Å². The van der Waals surface area contributed by atoms with Crippen molar-refractivity contribution in [2.24, 2.45) is 0 Å². The molecule has 1 rings (SSSR count). The molecule has 2 nitrogen and oxygen atoms in total. The number of ketones is 1. The fourth-order valence-electron chi connectivity index (χ4n) is 0.759. The van der Waals surface area contributed by atoms with Gasteiger partial charge >= 0.3 is 0 Å². The summed E-state index contributed by atoms with van der Waals surface area (Å²) in [6, 6.07) is 6.95. The van der Waals surface area contributed by atoms with Crippen LogP contribution in [0.15, 0.2) is 24.3 Å². The van der Waals surface area contributed by atoms with Crippen LogP contribution >= 0.6 is 27.5 Å². The molecule has 0 fully saturated rings. The van der Waals surface area contributed by atoms with E-state index in [0.717, 1.165) is 0 Å². The van der Waals surface area contributed by atoms with E-state index in [0.29, 0.717) is 16.1 Å². The maximum atomic E-state index is 10.9. The summed E-state index contributed by atoms with van der Waals surface area (Å²) in [6.45, 7) is 0.0750. The minimum absolute atomic E-state index is 0.0000227. The van der Waals surface area contributed by atoms with Crippen molar-refractivity contribution in [2.75, 3.05) is 11.9 Å². The van der Waals surface area contributed by atoms with Crippen LogP contribution in [0.4, 0.5) is 0 Å². The Morgan fingerprint density at radius 3 is 2.92 bits per heavy atom. The third-order valence-corrected chi connectivity index (χ3v) is 2.21. The fraction of sp³-hybridized carbons (Fsp3) is 0.222. The number of halogens is 2. The first-order valence-electron chi connectivity index (χ1n) is 3.68. The molecule has 1 aromatic rings. The number of carbonyl (C=O) groups is 1. The van der Waals surface area contributed by atoms with Crippen molar-refractivity contribution in [1.82, 2.24) is 0 Å². The molecular weight excluding hydrogens is 255 g/mol. The molecule has 0 N–H and O–H groups in total. The molecular formula is C9H8BrClO2. The van der Waals surface area contributed by atoms with Crippen LogP contribution in [-0.2, 0) is 4.79 Å². The Labute approximate surface area is 90.0 Å². The molecule has 0 spiro atoms. The van der Waals surface area contributed by atoms with E-state index >= 15 is 0 Å². The second kappa shape index (κ2) is 5.25. The van der Waals surface area contributed by atoms with Crippen molar-refractivity contribution >= 4 is 33.3 Å². The van der Waals surface area contributed by atoms with Gasteiger partial charge in [0.1, 0.15) is 12.4 Å². The van der Waals surface area contributed by atoms with Gasteiger partial charge in [0.05, 0.1) is 5.33 Å². The molecule has 0 saturated heterocycles. The number of alkyl halides is 1. The predicted molar refractivity (Wildman–Crippen MR) is 55.7 cm³/mol. The average molecular weight is 264 g/mol. The minimum Gasteiger partial charge on any atom is -0.486 e. The lowest BCUT2D eigenvalue weighted by atomic mass is 10.3. The van der Waals surface area contributed by atoms with E-state index < -0.39 is 0 Å². The highest BCUT2D eigenvalue weighted by Gasteiger charge is 2.00. The van der Waals surface area contributed by atoms with Gasteiger partial charge in [-0.2, -0.15) is 0 Å². The summed E-state index contributed by atoms with van der Waals surface area (Å²) in [5, 5.41) is 0.914. The van der Waals surface area contributed by atoms with Crippen LogP contribution in [0.1, 0.15) is 0 Å². The van der Waals surface area contributed by atoms with Crippen molar-refractivity contribution in [1.29, 1.82) is 0 Å². The lowest BCUT2D eigenvalue weighted by Gasteiger charge is -2.03. The molecule has 0 saturated carbocycles. The summed E-state index contributed by atoms with van der Waals surface area (Å²) in [5.41, 5.74) is 0. The van der Waals surface area contributed by atoms with Crippen LogP contribution in [-0.4, -0.2) is 17.7 Å². The van der Waals surface area contributed by atoms with Crippen LogP contribution in [0.5, 0.6) is 5.75 Å². The van der Waals surface area contributed by atoms with E-state index in [1.54, 1.807) is 24.3 Å². The zero-order valence-electron chi connectivity index (χ0n) is 6.80. The fourth-order valence-corrected chi connectivity index (χ4v) is 1.10. The third kappa shape index (κ3) is 3.79. The molecule has 1 aromatic carbocycles. The molecule has 4 heteroatoms. The Morgan fingerprint density at radius 1 is 1.54 bits per heavy atom. The molecule has 0 bridgehead atoms. The second-order valence-corrected chi connectivity index (χ2v) is 3.42. The number of Topliss-reactive ketones (excluding diaryl/α,β-unsaturated/α-hetero) is 1. The lowest BCUT2D eigenvalue weighted by Crippen LogP contribution is -2.11. The standard InChI is InChI=1S/C9H8BrClO2/c10-5-8(12)6-13-9-3-1-2-7(11)4-9/h1-4H,5-6H2. The normalized spacial score (nSPS) is 9.69. The SMILES string of the molecule is O=C(CBr)COc1cccc(Cl)c1. The van der Waals surface area contributed by atoms with Crippen molar-refractivity contribution in [2.45, 2.75) is 0 Å². The topological polar surface area (TPSA) is 26.3 Å². The summed E-state index contributed by atoms with van der Waals surface area (Å²) in [7, 11) is 0. The second-order valence-electron chi connectivity index (χ2n) is 2.42. The van der Waals surface area contributed by atoms with Crippen LogP contribution in [0.2, 0.25) is 5.02 Å². The highest BCUT2D eigenvalue weighted by molar-refractivity contribution is 9.09. The Bertz CT molecular complexity index is 301. The van der Waals surface area contributed by atoms with Crippen LogP contribution in [0.25, 0.3) is 0 Å². The number of rotatable bonds is 4. The van der Waals surface area contributed by atoms with Gasteiger partial charge in [0, 0.05) is 5.02 Å². The Kier molecular flexibility index (Phi) is 4.25. The molecule has 0 radical (unpaired) electrons. The number of hydrogen-bond acceptors (Lipinski definition) is 2. The summed E-state index contributed by atoms with van der Waals surface area (Å²) in [6.07, 6.45) is 0. The molecule has 70 valence electrons. The quantitative estimate of drug-likeness (QED) is 0.781. The van der Waals surface area contributed by atoms with Gasteiger partial charge in [0.25, 0.3) is 0 Å². The van der Waals surface area contributed by atoms with Gasteiger partial charge in [-0.3, -0.25) is 4.79 Å². The van der Waals surface area contributed by atoms with E-state index in [1.165, 1.54) is 0 Å². The summed E-state index contributed by atoms with van der Waals surface area (Å²) in [4.78, 5) is 10.9. The highest BCUT2D eigenvalue weighted by Crippen LogP contribution is 2.16. The first-order valence-corrected chi connectivity index (χ1v) is 5.18. The molecule has 0 aromatic heterocycles. The largest absolute Gasteiger partial charge is 0.486 e. The lowest BCUT2D eigenvalue weighted by molar-refractivity contribution is -0.118. The van der Waals surface area contributed by atoms with Crippen molar-refractivity contribution < 1.29 is 9.53 Å². The third-order valence-electron chi connectivity index (χ3n) is 1.34.